The van der Waals surface area contributed by atoms with E-state index in [0.29, 0.717) is 5.56 Å². The first-order valence-electron chi connectivity index (χ1n) is 4.68. The summed E-state index contributed by atoms with van der Waals surface area (Å²) >= 11 is 0. The van der Waals surface area contributed by atoms with Gasteiger partial charge in [0.1, 0.15) is 5.69 Å². The normalized spacial score (nSPS) is 13.8. The fraction of sp³-hybridized carbons (Fsp3) is 0.500. The summed E-state index contributed by atoms with van der Waals surface area (Å²) in [5, 5.41) is 8.67. The van der Waals surface area contributed by atoms with Gasteiger partial charge in [-0.3, -0.25) is 4.98 Å². The standard InChI is InChI=1S/C10H12F3NO2/c1-7(5-15)16-6-8-2-3-9(14-4-8)10(11,12)13/h2-4,7,15H,5-6H2,1H3. The van der Waals surface area contributed by atoms with Gasteiger partial charge in [-0.05, 0) is 18.6 Å². The molecule has 0 aliphatic carbocycles. The molecule has 1 aromatic rings. The van der Waals surface area contributed by atoms with E-state index in [0.717, 1.165) is 12.3 Å². The minimum absolute atomic E-state index is 0.131. The molecule has 0 fully saturated rings. The molecular weight excluding hydrogens is 223 g/mol. The van der Waals surface area contributed by atoms with Gasteiger partial charge in [0.25, 0.3) is 0 Å². The predicted molar refractivity (Wildman–Crippen MR) is 50.6 cm³/mol. The highest BCUT2D eigenvalue weighted by molar-refractivity contribution is 5.15. The maximum Gasteiger partial charge on any atom is 0.433 e. The number of rotatable bonds is 4. The summed E-state index contributed by atoms with van der Waals surface area (Å²) in [5.74, 6) is 0. The van der Waals surface area contributed by atoms with Gasteiger partial charge in [0.15, 0.2) is 0 Å². The van der Waals surface area contributed by atoms with E-state index >= 15 is 0 Å². The first-order valence-corrected chi connectivity index (χ1v) is 4.68. The zero-order valence-electron chi connectivity index (χ0n) is 8.66. The Kier molecular flexibility index (Phi) is 4.26. The van der Waals surface area contributed by atoms with Crippen molar-refractivity contribution in [3.8, 4) is 0 Å². The molecule has 1 unspecified atom stereocenters. The maximum absolute atomic E-state index is 12.2. The van der Waals surface area contributed by atoms with Crippen LogP contribution in [0.1, 0.15) is 18.2 Å². The average Bonchev–Trinajstić information content (AvgIpc) is 2.25. The van der Waals surface area contributed by atoms with Gasteiger partial charge in [0, 0.05) is 6.20 Å². The Morgan fingerprint density at radius 2 is 2.12 bits per heavy atom. The van der Waals surface area contributed by atoms with Crippen LogP contribution in [0.3, 0.4) is 0 Å². The topological polar surface area (TPSA) is 42.4 Å². The second-order valence-electron chi connectivity index (χ2n) is 3.35. The zero-order chi connectivity index (χ0) is 12.2. The minimum Gasteiger partial charge on any atom is -0.394 e. The van der Waals surface area contributed by atoms with Crippen molar-refractivity contribution in [1.29, 1.82) is 0 Å². The third-order valence-electron chi connectivity index (χ3n) is 1.91. The molecule has 16 heavy (non-hydrogen) atoms. The number of hydrogen-bond acceptors (Lipinski definition) is 3. The van der Waals surface area contributed by atoms with Crippen LogP contribution in [0.25, 0.3) is 0 Å². The number of alkyl halides is 3. The van der Waals surface area contributed by atoms with E-state index in [1.165, 1.54) is 6.07 Å². The molecule has 6 heteroatoms. The summed E-state index contributed by atoms with van der Waals surface area (Å²) in [4.78, 5) is 3.29. The summed E-state index contributed by atoms with van der Waals surface area (Å²) in [6.45, 7) is 1.67. The van der Waals surface area contributed by atoms with Crippen molar-refractivity contribution in [1.82, 2.24) is 4.98 Å². The summed E-state index contributed by atoms with van der Waals surface area (Å²) in [5.41, 5.74) is -0.389. The third kappa shape index (κ3) is 3.79. The van der Waals surface area contributed by atoms with Gasteiger partial charge in [-0.2, -0.15) is 13.2 Å². The van der Waals surface area contributed by atoms with Gasteiger partial charge >= 0.3 is 6.18 Å². The number of hydrogen-bond donors (Lipinski definition) is 1. The lowest BCUT2D eigenvalue weighted by Crippen LogP contribution is -2.13. The maximum atomic E-state index is 12.2. The van der Waals surface area contributed by atoms with Crippen LogP contribution in [0.15, 0.2) is 18.3 Å². The van der Waals surface area contributed by atoms with E-state index < -0.39 is 11.9 Å². The van der Waals surface area contributed by atoms with Crippen LogP contribution in [0.4, 0.5) is 13.2 Å². The molecule has 1 rings (SSSR count). The van der Waals surface area contributed by atoms with Crippen LogP contribution in [0.2, 0.25) is 0 Å². The van der Waals surface area contributed by atoms with Crippen molar-refractivity contribution in [3.05, 3.63) is 29.6 Å². The van der Waals surface area contributed by atoms with Gasteiger partial charge in [-0.15, -0.1) is 0 Å². The fourth-order valence-corrected chi connectivity index (χ4v) is 0.969. The molecule has 0 aliphatic rings. The molecule has 0 saturated heterocycles. The quantitative estimate of drug-likeness (QED) is 0.867. The zero-order valence-corrected chi connectivity index (χ0v) is 8.66. The molecule has 0 radical (unpaired) electrons. The molecule has 0 spiro atoms. The highest BCUT2D eigenvalue weighted by Gasteiger charge is 2.31. The Bertz CT molecular complexity index is 324. The second kappa shape index (κ2) is 5.27. The van der Waals surface area contributed by atoms with Crippen LogP contribution in [0.5, 0.6) is 0 Å². The molecule has 0 aliphatic heterocycles. The van der Waals surface area contributed by atoms with E-state index in [2.05, 4.69) is 4.98 Å². The molecule has 1 heterocycles. The number of aliphatic hydroxyl groups is 1. The van der Waals surface area contributed by atoms with Crippen molar-refractivity contribution < 1.29 is 23.0 Å². The molecule has 0 aromatic carbocycles. The smallest absolute Gasteiger partial charge is 0.394 e. The third-order valence-corrected chi connectivity index (χ3v) is 1.91. The Balaban J connectivity index is 2.58. The van der Waals surface area contributed by atoms with E-state index in [4.69, 9.17) is 9.84 Å². The van der Waals surface area contributed by atoms with Crippen molar-refractivity contribution in [3.63, 3.8) is 0 Å². The SMILES string of the molecule is CC(CO)OCc1ccc(C(F)(F)F)nc1. The first-order chi connectivity index (χ1) is 7.43. The Morgan fingerprint density at radius 3 is 2.56 bits per heavy atom. The number of halogens is 3. The van der Waals surface area contributed by atoms with E-state index in [1.807, 2.05) is 0 Å². The van der Waals surface area contributed by atoms with Crippen molar-refractivity contribution in [2.45, 2.75) is 25.8 Å². The summed E-state index contributed by atoms with van der Waals surface area (Å²) < 4.78 is 41.6. The van der Waals surface area contributed by atoms with Crippen LogP contribution >= 0.6 is 0 Å². The van der Waals surface area contributed by atoms with Crippen LogP contribution < -0.4 is 0 Å². The Morgan fingerprint density at radius 1 is 1.44 bits per heavy atom. The van der Waals surface area contributed by atoms with Gasteiger partial charge in [-0.25, -0.2) is 0 Å². The van der Waals surface area contributed by atoms with Crippen LogP contribution in [-0.4, -0.2) is 22.8 Å². The lowest BCUT2D eigenvalue weighted by Gasteiger charge is -2.10. The predicted octanol–water partition coefficient (Wildman–Crippen LogP) is 2.00. The molecule has 1 N–H and O–H groups in total. The molecule has 3 nitrogen and oxygen atoms in total. The van der Waals surface area contributed by atoms with Crippen LogP contribution in [-0.2, 0) is 17.5 Å². The highest BCUT2D eigenvalue weighted by Crippen LogP contribution is 2.27. The van der Waals surface area contributed by atoms with Gasteiger partial charge in [-0.1, -0.05) is 6.07 Å². The molecular formula is C10H12F3NO2. The van der Waals surface area contributed by atoms with Gasteiger partial charge in [0.2, 0.25) is 0 Å². The van der Waals surface area contributed by atoms with Crippen molar-refractivity contribution in [2.24, 2.45) is 0 Å². The van der Waals surface area contributed by atoms with E-state index in [9.17, 15) is 13.2 Å². The lowest BCUT2D eigenvalue weighted by molar-refractivity contribution is -0.141. The fourth-order valence-electron chi connectivity index (χ4n) is 0.969. The summed E-state index contributed by atoms with van der Waals surface area (Å²) in [7, 11) is 0. The first kappa shape index (κ1) is 12.9. The number of aromatic nitrogens is 1. The molecule has 90 valence electrons. The molecule has 0 amide bonds. The van der Waals surface area contributed by atoms with Gasteiger partial charge < -0.3 is 9.84 Å². The van der Waals surface area contributed by atoms with Crippen molar-refractivity contribution >= 4 is 0 Å². The number of ether oxygens (including phenoxy) is 1. The molecule has 0 bridgehead atoms. The van der Waals surface area contributed by atoms with E-state index in [-0.39, 0.29) is 19.3 Å². The van der Waals surface area contributed by atoms with Gasteiger partial charge in [0.05, 0.1) is 19.3 Å². The van der Waals surface area contributed by atoms with E-state index in [1.54, 1.807) is 6.92 Å². The molecule has 1 atom stereocenters. The monoisotopic (exact) mass is 235 g/mol. The average molecular weight is 235 g/mol. The summed E-state index contributed by atoms with van der Waals surface area (Å²) in [6, 6.07) is 2.21. The highest BCUT2D eigenvalue weighted by atomic mass is 19.4. The van der Waals surface area contributed by atoms with Crippen LogP contribution in [0, 0.1) is 0 Å². The number of aliphatic hydroxyl groups excluding tert-OH is 1. The Hall–Kier alpha value is -1.14. The largest absolute Gasteiger partial charge is 0.433 e. The minimum atomic E-state index is -4.42. The lowest BCUT2D eigenvalue weighted by atomic mass is 10.2. The number of nitrogens with zero attached hydrogens (tertiary/aromatic N) is 1. The molecule has 1 aromatic heterocycles. The molecule has 0 saturated carbocycles. The van der Waals surface area contributed by atoms with Crippen molar-refractivity contribution in [2.75, 3.05) is 6.61 Å². The Labute approximate surface area is 90.9 Å². The second-order valence-corrected chi connectivity index (χ2v) is 3.35. The summed E-state index contributed by atoms with van der Waals surface area (Å²) in [6.07, 6.45) is -3.65. The number of pyridine rings is 1.